The molecular formula is C15H12BrFN2O. The van der Waals surface area contributed by atoms with Crippen LogP contribution in [0.2, 0.25) is 0 Å². The Morgan fingerprint density at radius 2 is 2.10 bits per heavy atom. The largest absolute Gasteiger partial charge is 0.441 e. The molecule has 0 aliphatic rings. The van der Waals surface area contributed by atoms with E-state index in [1.165, 1.54) is 6.07 Å². The molecule has 0 saturated heterocycles. The van der Waals surface area contributed by atoms with Gasteiger partial charge in [0.25, 0.3) is 0 Å². The van der Waals surface area contributed by atoms with Crippen LogP contribution in [0.5, 0.6) is 0 Å². The standard InChI is InChI=1S/C15H12BrFN2O/c1-9-19-14-7-11(3-5-15(14)20-9)18-8-10-2-4-12(16)13(17)6-10/h2-7,18H,8H2,1H3. The fraction of sp³-hybridized carbons (Fsp3) is 0.133. The highest BCUT2D eigenvalue weighted by atomic mass is 79.9. The first-order valence-electron chi connectivity index (χ1n) is 6.17. The number of aromatic nitrogens is 1. The molecule has 0 bridgehead atoms. The lowest BCUT2D eigenvalue weighted by Gasteiger charge is -2.07. The molecule has 0 atom stereocenters. The number of hydrogen-bond donors (Lipinski definition) is 1. The predicted molar refractivity (Wildman–Crippen MR) is 80.2 cm³/mol. The van der Waals surface area contributed by atoms with Crippen LogP contribution in [0, 0.1) is 12.7 Å². The summed E-state index contributed by atoms with van der Waals surface area (Å²) in [7, 11) is 0. The smallest absolute Gasteiger partial charge is 0.192 e. The summed E-state index contributed by atoms with van der Waals surface area (Å²) in [6.07, 6.45) is 0. The number of nitrogens with one attached hydrogen (secondary N) is 1. The van der Waals surface area contributed by atoms with E-state index in [0.717, 1.165) is 22.4 Å². The molecule has 3 aromatic rings. The second-order valence-corrected chi connectivity index (χ2v) is 5.37. The minimum atomic E-state index is -0.258. The first kappa shape index (κ1) is 13.1. The third kappa shape index (κ3) is 2.67. The summed E-state index contributed by atoms with van der Waals surface area (Å²) in [5, 5.41) is 3.25. The molecule has 0 aliphatic carbocycles. The van der Waals surface area contributed by atoms with Crippen LogP contribution in [0.4, 0.5) is 10.1 Å². The number of benzene rings is 2. The Morgan fingerprint density at radius 3 is 2.90 bits per heavy atom. The lowest BCUT2D eigenvalue weighted by Crippen LogP contribution is -1.99. The van der Waals surface area contributed by atoms with Crippen molar-refractivity contribution in [3.8, 4) is 0 Å². The van der Waals surface area contributed by atoms with Crippen LogP contribution in [0.25, 0.3) is 11.1 Å². The molecule has 3 rings (SSSR count). The average molecular weight is 335 g/mol. The molecule has 0 amide bonds. The van der Waals surface area contributed by atoms with Crippen LogP contribution >= 0.6 is 15.9 Å². The van der Waals surface area contributed by atoms with Crippen molar-refractivity contribution in [1.29, 1.82) is 0 Å². The van der Waals surface area contributed by atoms with Crippen LogP contribution in [-0.4, -0.2) is 4.98 Å². The Labute approximate surface area is 123 Å². The number of halogens is 2. The second-order valence-electron chi connectivity index (χ2n) is 4.52. The first-order valence-corrected chi connectivity index (χ1v) is 6.96. The molecule has 20 heavy (non-hydrogen) atoms. The summed E-state index contributed by atoms with van der Waals surface area (Å²) in [4.78, 5) is 4.28. The van der Waals surface area contributed by atoms with Gasteiger partial charge in [0.15, 0.2) is 11.5 Å². The van der Waals surface area contributed by atoms with Gasteiger partial charge in [-0.3, -0.25) is 0 Å². The summed E-state index contributed by atoms with van der Waals surface area (Å²) in [5.41, 5.74) is 3.38. The number of oxazole rings is 1. The highest BCUT2D eigenvalue weighted by Crippen LogP contribution is 2.21. The van der Waals surface area contributed by atoms with Gasteiger partial charge in [0, 0.05) is 19.2 Å². The quantitative estimate of drug-likeness (QED) is 0.757. The molecule has 1 heterocycles. The van der Waals surface area contributed by atoms with Gasteiger partial charge in [0.1, 0.15) is 11.3 Å². The van der Waals surface area contributed by atoms with E-state index in [1.54, 1.807) is 6.07 Å². The summed E-state index contributed by atoms with van der Waals surface area (Å²) in [5.74, 6) is 0.388. The zero-order valence-electron chi connectivity index (χ0n) is 10.8. The zero-order valence-corrected chi connectivity index (χ0v) is 12.4. The fourth-order valence-corrected chi connectivity index (χ4v) is 2.25. The minimum absolute atomic E-state index is 0.258. The van der Waals surface area contributed by atoms with Crippen LogP contribution in [0.3, 0.4) is 0 Å². The number of aryl methyl sites for hydroxylation is 1. The van der Waals surface area contributed by atoms with E-state index in [2.05, 4.69) is 26.2 Å². The predicted octanol–water partition coefficient (Wildman–Crippen LogP) is 4.65. The normalized spacial score (nSPS) is 10.9. The summed E-state index contributed by atoms with van der Waals surface area (Å²) in [6, 6.07) is 10.8. The van der Waals surface area contributed by atoms with Crippen LogP contribution in [-0.2, 0) is 6.54 Å². The molecule has 0 fully saturated rings. The van der Waals surface area contributed by atoms with Crippen molar-refractivity contribution in [2.45, 2.75) is 13.5 Å². The van der Waals surface area contributed by atoms with E-state index in [0.29, 0.717) is 16.9 Å². The summed E-state index contributed by atoms with van der Waals surface area (Å²) < 4.78 is 19.3. The van der Waals surface area contributed by atoms with Gasteiger partial charge in [0.05, 0.1) is 4.47 Å². The molecule has 1 N–H and O–H groups in total. The van der Waals surface area contributed by atoms with Gasteiger partial charge in [-0.05, 0) is 51.8 Å². The van der Waals surface area contributed by atoms with Crippen molar-refractivity contribution < 1.29 is 8.81 Å². The summed E-state index contributed by atoms with van der Waals surface area (Å²) >= 11 is 3.14. The van der Waals surface area contributed by atoms with E-state index in [4.69, 9.17) is 4.42 Å². The molecule has 1 aromatic heterocycles. The number of anilines is 1. The van der Waals surface area contributed by atoms with Crippen LogP contribution in [0.15, 0.2) is 45.3 Å². The lowest BCUT2D eigenvalue weighted by molar-refractivity contribution is 0.561. The highest BCUT2D eigenvalue weighted by molar-refractivity contribution is 9.10. The molecule has 0 unspecified atom stereocenters. The maximum Gasteiger partial charge on any atom is 0.192 e. The topological polar surface area (TPSA) is 38.1 Å². The Kier molecular flexibility index (Phi) is 3.44. The third-order valence-corrected chi connectivity index (χ3v) is 3.62. The number of fused-ring (bicyclic) bond motifs is 1. The van der Waals surface area contributed by atoms with Gasteiger partial charge in [-0.15, -0.1) is 0 Å². The van der Waals surface area contributed by atoms with Crippen molar-refractivity contribution >= 4 is 32.7 Å². The van der Waals surface area contributed by atoms with Gasteiger partial charge in [-0.1, -0.05) is 6.07 Å². The molecule has 2 aromatic carbocycles. The molecule has 0 aliphatic heterocycles. The average Bonchev–Trinajstić information content (AvgIpc) is 2.79. The second kappa shape index (κ2) is 5.25. The third-order valence-electron chi connectivity index (χ3n) is 2.98. The molecule has 0 spiro atoms. The van der Waals surface area contributed by atoms with Gasteiger partial charge in [0.2, 0.25) is 0 Å². The van der Waals surface area contributed by atoms with E-state index in [-0.39, 0.29) is 5.82 Å². The lowest BCUT2D eigenvalue weighted by atomic mass is 10.2. The van der Waals surface area contributed by atoms with Crippen LogP contribution < -0.4 is 5.32 Å². The van der Waals surface area contributed by atoms with Crippen molar-refractivity contribution in [2.24, 2.45) is 0 Å². The van der Waals surface area contributed by atoms with E-state index in [9.17, 15) is 4.39 Å². The molecular weight excluding hydrogens is 323 g/mol. The van der Waals surface area contributed by atoms with Gasteiger partial charge in [-0.2, -0.15) is 0 Å². The first-order chi connectivity index (χ1) is 9.61. The Morgan fingerprint density at radius 1 is 1.25 bits per heavy atom. The van der Waals surface area contributed by atoms with E-state index in [1.807, 2.05) is 31.2 Å². The van der Waals surface area contributed by atoms with Gasteiger partial charge in [-0.25, -0.2) is 9.37 Å². The maximum absolute atomic E-state index is 13.4. The molecule has 5 heteroatoms. The Balaban J connectivity index is 1.77. The maximum atomic E-state index is 13.4. The SMILES string of the molecule is Cc1nc2cc(NCc3ccc(Br)c(F)c3)ccc2o1. The number of nitrogens with zero attached hydrogens (tertiary/aromatic N) is 1. The minimum Gasteiger partial charge on any atom is -0.441 e. The van der Waals surface area contributed by atoms with E-state index >= 15 is 0 Å². The number of rotatable bonds is 3. The zero-order chi connectivity index (χ0) is 14.1. The summed E-state index contributed by atoms with van der Waals surface area (Å²) in [6.45, 7) is 2.37. The molecule has 102 valence electrons. The molecule has 0 radical (unpaired) electrons. The Hall–Kier alpha value is -1.88. The molecule has 3 nitrogen and oxygen atoms in total. The number of hydrogen-bond acceptors (Lipinski definition) is 3. The highest BCUT2D eigenvalue weighted by Gasteiger charge is 2.04. The van der Waals surface area contributed by atoms with Gasteiger partial charge >= 0.3 is 0 Å². The van der Waals surface area contributed by atoms with Crippen LogP contribution in [0.1, 0.15) is 11.5 Å². The van der Waals surface area contributed by atoms with Crippen molar-refractivity contribution in [3.63, 3.8) is 0 Å². The van der Waals surface area contributed by atoms with Crippen molar-refractivity contribution in [3.05, 3.63) is 58.1 Å². The monoisotopic (exact) mass is 334 g/mol. The van der Waals surface area contributed by atoms with Gasteiger partial charge < -0.3 is 9.73 Å². The molecule has 0 saturated carbocycles. The van der Waals surface area contributed by atoms with Crippen molar-refractivity contribution in [1.82, 2.24) is 4.98 Å². The Bertz CT molecular complexity index is 770. The fourth-order valence-electron chi connectivity index (χ4n) is 2.01. The van der Waals surface area contributed by atoms with E-state index < -0.39 is 0 Å². The van der Waals surface area contributed by atoms with Crippen molar-refractivity contribution in [2.75, 3.05) is 5.32 Å².